The fraction of sp³-hybridized carbons (Fsp3) is 0.346. The van der Waals surface area contributed by atoms with Crippen LogP contribution in [-0.4, -0.2) is 57.6 Å². The zero-order valence-corrected chi connectivity index (χ0v) is 22.1. The van der Waals surface area contributed by atoms with Crippen molar-refractivity contribution < 1.29 is 19.1 Å². The molecule has 1 aliphatic rings. The number of hydrogen-bond donors (Lipinski definition) is 2. The Labute approximate surface area is 216 Å². The van der Waals surface area contributed by atoms with Gasteiger partial charge in [-0.25, -0.2) is 19.3 Å². The van der Waals surface area contributed by atoms with Crippen molar-refractivity contribution in [2.24, 2.45) is 4.99 Å². The minimum absolute atomic E-state index is 0.163. The maximum Gasteiger partial charge on any atom is 0.414 e. The van der Waals surface area contributed by atoms with Crippen molar-refractivity contribution in [2.75, 3.05) is 23.9 Å². The largest absolute Gasteiger partial charge is 0.490 e. The molecule has 2 amide bonds. The summed E-state index contributed by atoms with van der Waals surface area (Å²) in [5.41, 5.74) is 1.04. The SMILES string of the molecule is C=CC(=C)/C1=N\C(=C)Nc2cc(N(C)C(=O)OC(C)(C)C)c3ncc(n3n2)C(=O)NC(C)CO\C1=C\C. The van der Waals surface area contributed by atoms with Gasteiger partial charge in [-0.05, 0) is 46.3 Å². The third-order valence-corrected chi connectivity index (χ3v) is 5.14. The number of aromatic nitrogens is 3. The van der Waals surface area contributed by atoms with Crippen LogP contribution in [0.3, 0.4) is 0 Å². The monoisotopic (exact) mass is 507 g/mol. The highest BCUT2D eigenvalue weighted by Gasteiger charge is 2.26. The summed E-state index contributed by atoms with van der Waals surface area (Å²) in [4.78, 5) is 36.2. The van der Waals surface area contributed by atoms with Gasteiger partial charge in [0, 0.05) is 13.1 Å². The average molecular weight is 508 g/mol. The molecule has 3 rings (SSSR count). The number of imidazole rings is 1. The van der Waals surface area contributed by atoms with Gasteiger partial charge < -0.3 is 20.1 Å². The summed E-state index contributed by atoms with van der Waals surface area (Å²) in [6.45, 7) is 20.9. The van der Waals surface area contributed by atoms with Gasteiger partial charge in [0.1, 0.15) is 29.5 Å². The second kappa shape index (κ2) is 10.7. The van der Waals surface area contributed by atoms with Crippen molar-refractivity contribution in [1.29, 1.82) is 0 Å². The molecule has 0 fully saturated rings. The van der Waals surface area contributed by atoms with Crippen LogP contribution >= 0.6 is 0 Å². The predicted molar refractivity (Wildman–Crippen MR) is 144 cm³/mol. The standard InChI is InChI=1S/C26H33N7O4/c1-10-15(3)22-20(11-2)36-14-16(4)28-24(34)19-13-27-23-18(32(9)25(35)37-26(6,7)8)12-21(31-33(19)23)29-17(5)30-22/h10-13,16H,1,3,5,14H2,2,4,6-9H3,(H,28,34)(H,29,31)/b20-11+,30-22+. The Kier molecular flexibility index (Phi) is 7.85. The average Bonchev–Trinajstić information content (AvgIpc) is 3.24. The molecule has 196 valence electrons. The van der Waals surface area contributed by atoms with E-state index in [1.807, 2.05) is 0 Å². The first-order valence-electron chi connectivity index (χ1n) is 11.7. The van der Waals surface area contributed by atoms with Gasteiger partial charge in [-0.2, -0.15) is 0 Å². The molecule has 0 aromatic carbocycles. The molecule has 2 N–H and O–H groups in total. The number of fused-ring (bicyclic) bond motifs is 1. The van der Waals surface area contributed by atoms with Crippen LogP contribution in [-0.2, 0) is 9.47 Å². The van der Waals surface area contributed by atoms with Crippen LogP contribution in [0.4, 0.5) is 16.3 Å². The molecule has 0 spiro atoms. The summed E-state index contributed by atoms with van der Waals surface area (Å²) in [5.74, 6) is 0.511. The Morgan fingerprint density at radius 1 is 1.38 bits per heavy atom. The smallest absolute Gasteiger partial charge is 0.414 e. The summed E-state index contributed by atoms with van der Waals surface area (Å²) < 4.78 is 12.8. The molecule has 1 aliphatic heterocycles. The van der Waals surface area contributed by atoms with Gasteiger partial charge >= 0.3 is 6.09 Å². The normalized spacial score (nSPS) is 19.2. The molecule has 2 bridgehead atoms. The summed E-state index contributed by atoms with van der Waals surface area (Å²) >= 11 is 0. The number of amides is 2. The van der Waals surface area contributed by atoms with Crippen molar-refractivity contribution >= 4 is 34.9 Å². The van der Waals surface area contributed by atoms with E-state index >= 15 is 0 Å². The minimum atomic E-state index is -0.709. The topological polar surface area (TPSA) is 122 Å². The molecule has 1 atom stereocenters. The van der Waals surface area contributed by atoms with Crippen molar-refractivity contribution in [3.8, 4) is 0 Å². The third kappa shape index (κ3) is 6.24. The highest BCUT2D eigenvalue weighted by molar-refractivity contribution is 6.13. The Morgan fingerprint density at radius 3 is 2.70 bits per heavy atom. The van der Waals surface area contributed by atoms with Crippen LogP contribution in [0, 0.1) is 0 Å². The number of rotatable bonds is 3. The number of hydrogen-bond acceptors (Lipinski definition) is 8. The Morgan fingerprint density at radius 2 is 2.08 bits per heavy atom. The molecule has 1 unspecified atom stereocenters. The van der Waals surface area contributed by atoms with E-state index < -0.39 is 17.6 Å². The molecule has 0 radical (unpaired) electrons. The molecule has 11 nitrogen and oxygen atoms in total. The zero-order chi connectivity index (χ0) is 27.5. The lowest BCUT2D eigenvalue weighted by molar-refractivity contribution is 0.0589. The van der Waals surface area contributed by atoms with E-state index in [4.69, 9.17) is 9.47 Å². The molecular formula is C26H33N7O4. The highest BCUT2D eigenvalue weighted by Crippen LogP contribution is 2.26. The van der Waals surface area contributed by atoms with Crippen LogP contribution in [0.1, 0.15) is 45.1 Å². The number of aliphatic imine (C=N–C) groups is 1. The van der Waals surface area contributed by atoms with E-state index in [-0.39, 0.29) is 35.6 Å². The number of carbonyl (C=O) groups is 2. The fourth-order valence-corrected chi connectivity index (χ4v) is 3.38. The van der Waals surface area contributed by atoms with E-state index in [1.54, 1.807) is 59.9 Å². The first-order chi connectivity index (χ1) is 17.3. The second-order valence-electron chi connectivity index (χ2n) is 9.43. The van der Waals surface area contributed by atoms with Crippen LogP contribution in [0.25, 0.3) is 5.65 Å². The van der Waals surface area contributed by atoms with Gasteiger partial charge in [0.15, 0.2) is 17.2 Å². The molecule has 3 heterocycles. The second-order valence-corrected chi connectivity index (χ2v) is 9.43. The van der Waals surface area contributed by atoms with E-state index in [0.717, 1.165) is 0 Å². The predicted octanol–water partition coefficient (Wildman–Crippen LogP) is 4.22. The number of nitrogens with one attached hydrogen (secondary N) is 2. The molecule has 0 aliphatic carbocycles. The molecule has 11 heteroatoms. The molecule has 37 heavy (non-hydrogen) atoms. The van der Waals surface area contributed by atoms with Crippen LogP contribution in [0.15, 0.2) is 66.3 Å². The van der Waals surface area contributed by atoms with Crippen LogP contribution in [0.2, 0.25) is 0 Å². The van der Waals surface area contributed by atoms with Gasteiger partial charge in [-0.1, -0.05) is 25.8 Å². The summed E-state index contributed by atoms with van der Waals surface area (Å²) in [6.07, 6.45) is 4.10. The first-order valence-corrected chi connectivity index (χ1v) is 11.7. The molecule has 0 saturated carbocycles. The maximum atomic E-state index is 13.1. The molecule has 0 saturated heterocycles. The lowest BCUT2D eigenvalue weighted by Gasteiger charge is -2.25. The molecule has 2 aromatic rings. The minimum Gasteiger partial charge on any atom is -0.490 e. The van der Waals surface area contributed by atoms with Gasteiger partial charge in [-0.3, -0.25) is 9.69 Å². The van der Waals surface area contributed by atoms with Crippen molar-refractivity contribution in [3.63, 3.8) is 0 Å². The van der Waals surface area contributed by atoms with Crippen molar-refractivity contribution in [1.82, 2.24) is 19.9 Å². The Hall–Kier alpha value is -4.41. The lowest BCUT2D eigenvalue weighted by Crippen LogP contribution is -2.37. The Balaban J connectivity index is 2.19. The number of ether oxygens (including phenoxy) is 2. The summed E-state index contributed by atoms with van der Waals surface area (Å²) in [5, 5.41) is 10.4. The summed E-state index contributed by atoms with van der Waals surface area (Å²) in [6, 6.07) is 1.22. The molecular weight excluding hydrogens is 474 g/mol. The first kappa shape index (κ1) is 27.2. The highest BCUT2D eigenvalue weighted by atomic mass is 16.6. The van der Waals surface area contributed by atoms with Crippen LogP contribution in [0.5, 0.6) is 0 Å². The molecule has 2 aromatic heterocycles. The third-order valence-electron chi connectivity index (χ3n) is 5.14. The quantitative estimate of drug-likeness (QED) is 0.597. The maximum absolute atomic E-state index is 13.1. The van der Waals surface area contributed by atoms with E-state index in [2.05, 4.69) is 45.4 Å². The number of anilines is 2. The van der Waals surface area contributed by atoms with E-state index in [1.165, 1.54) is 15.6 Å². The van der Waals surface area contributed by atoms with Gasteiger partial charge in [0.2, 0.25) is 0 Å². The lowest BCUT2D eigenvalue weighted by atomic mass is 10.1. The van der Waals surface area contributed by atoms with Gasteiger partial charge in [0.05, 0.1) is 17.9 Å². The Bertz CT molecular complexity index is 1330. The number of allylic oxidation sites excluding steroid dienone is 3. The van der Waals surface area contributed by atoms with Crippen molar-refractivity contribution in [2.45, 2.75) is 46.3 Å². The van der Waals surface area contributed by atoms with Crippen LogP contribution < -0.4 is 15.5 Å². The van der Waals surface area contributed by atoms with Gasteiger partial charge in [-0.15, -0.1) is 5.10 Å². The van der Waals surface area contributed by atoms with E-state index in [0.29, 0.717) is 22.7 Å². The van der Waals surface area contributed by atoms with Crippen molar-refractivity contribution in [3.05, 3.63) is 67.0 Å². The van der Waals surface area contributed by atoms with E-state index in [9.17, 15) is 9.59 Å². The zero-order valence-electron chi connectivity index (χ0n) is 22.1. The number of carbonyl (C=O) groups excluding carboxylic acids is 2. The number of nitrogens with zero attached hydrogens (tertiary/aromatic N) is 5. The summed E-state index contributed by atoms with van der Waals surface area (Å²) in [7, 11) is 1.55. The van der Waals surface area contributed by atoms with Gasteiger partial charge in [0.25, 0.3) is 5.91 Å². The fourth-order valence-electron chi connectivity index (χ4n) is 3.38.